The fraction of sp³-hybridized carbons (Fsp3) is 0.158. The summed E-state index contributed by atoms with van der Waals surface area (Å²) in [5, 5.41) is 13.0. The van der Waals surface area contributed by atoms with Gasteiger partial charge in [0.25, 0.3) is 5.69 Å². The van der Waals surface area contributed by atoms with Crippen LogP contribution in [0.1, 0.15) is 39.0 Å². The monoisotopic (exact) mass is 404 g/mol. The largest absolute Gasteiger partial charge is 0.618 e. The first-order valence-electron chi connectivity index (χ1n) is 7.94. The van der Waals surface area contributed by atoms with Crippen LogP contribution in [0, 0.1) is 12.1 Å². The predicted octanol–water partition coefficient (Wildman–Crippen LogP) is 4.04. The van der Waals surface area contributed by atoms with Gasteiger partial charge in [0.05, 0.1) is 15.6 Å². The molecule has 0 N–H and O–H groups in total. The minimum absolute atomic E-state index is 0.0452. The molecule has 1 aromatic heterocycles. The Hall–Kier alpha value is -2.70. The summed E-state index contributed by atoms with van der Waals surface area (Å²) in [5.41, 5.74) is 1.54. The zero-order valence-corrected chi connectivity index (χ0v) is 16.0. The number of ether oxygens (including phenoxy) is 1. The maximum absolute atomic E-state index is 12.6. The van der Waals surface area contributed by atoms with Crippen LogP contribution in [0.3, 0.4) is 0 Å². The molecule has 1 heterocycles. The molecule has 0 saturated heterocycles. The first kappa shape index (κ1) is 19.1. The zero-order chi connectivity index (χ0) is 19.7. The highest BCUT2D eigenvalue weighted by Crippen LogP contribution is 2.26. The number of carbonyl (C=O) groups is 2. The number of ketones is 1. The lowest BCUT2D eigenvalue weighted by atomic mass is 10.1. The number of halogens is 2. The molecular weight excluding hydrogens is 391 g/mol. The van der Waals surface area contributed by atoms with E-state index >= 15 is 0 Å². The first-order chi connectivity index (χ1) is 12.8. The van der Waals surface area contributed by atoms with Gasteiger partial charge in [0.1, 0.15) is 12.1 Å². The average molecular weight is 405 g/mol. The lowest BCUT2D eigenvalue weighted by Crippen LogP contribution is -2.37. The number of nitrogens with zero attached hydrogens (tertiary/aromatic N) is 2. The Balaban J connectivity index is 1.98. The fourth-order valence-corrected chi connectivity index (χ4v) is 2.88. The quantitative estimate of drug-likeness (QED) is 0.283. The van der Waals surface area contributed by atoms with Crippen molar-refractivity contribution in [3.05, 3.63) is 74.2 Å². The van der Waals surface area contributed by atoms with Crippen molar-refractivity contribution in [2.45, 2.75) is 20.5 Å². The summed E-state index contributed by atoms with van der Waals surface area (Å²) in [6, 6.07) is 9.59. The van der Waals surface area contributed by atoms with Crippen molar-refractivity contribution >= 4 is 46.0 Å². The van der Waals surface area contributed by atoms with Crippen LogP contribution in [0.4, 0.5) is 0 Å². The first-order valence-corrected chi connectivity index (χ1v) is 8.69. The van der Waals surface area contributed by atoms with E-state index < -0.39 is 11.8 Å². The molecule has 6 nitrogen and oxygen atoms in total. The van der Waals surface area contributed by atoms with Crippen molar-refractivity contribution in [2.75, 3.05) is 0 Å². The minimum atomic E-state index is -0.585. The van der Waals surface area contributed by atoms with Gasteiger partial charge in [0.2, 0.25) is 11.3 Å². The molecule has 0 aliphatic heterocycles. The van der Waals surface area contributed by atoms with Gasteiger partial charge >= 0.3 is 5.97 Å². The summed E-state index contributed by atoms with van der Waals surface area (Å²) in [5.74, 6) is -1.09. The van der Waals surface area contributed by atoms with Gasteiger partial charge in [-0.3, -0.25) is 4.79 Å². The Morgan fingerprint density at radius 1 is 1.15 bits per heavy atom. The Labute approximate surface area is 164 Å². The van der Waals surface area contributed by atoms with Crippen LogP contribution in [0.25, 0.3) is 11.0 Å². The van der Waals surface area contributed by atoms with Crippen LogP contribution in [0.5, 0.6) is 0 Å². The van der Waals surface area contributed by atoms with Crippen LogP contribution in [0.2, 0.25) is 10.0 Å². The van der Waals surface area contributed by atoms with Gasteiger partial charge in [-0.05, 0) is 25.1 Å². The van der Waals surface area contributed by atoms with Crippen molar-refractivity contribution in [3.8, 4) is 0 Å². The molecule has 0 saturated carbocycles. The van der Waals surface area contributed by atoms with Gasteiger partial charge in [-0.1, -0.05) is 40.9 Å². The standard InChI is InChI=1S/C19H14Cl2N2O4/c1-10-3-5-12(6-4-10)19(25)27-9-16-18(11(2)24)23(26)17-8-14(21)13(20)7-15(17)22-16/h3-8H,9H2,1-2H3. The van der Waals surface area contributed by atoms with Crippen LogP contribution >= 0.6 is 23.2 Å². The van der Waals surface area contributed by atoms with E-state index in [1.165, 1.54) is 19.1 Å². The number of Topliss-reactive ketones (excluding diaryl/α,β-unsaturated/α-hetero) is 1. The number of benzene rings is 2. The fourth-order valence-electron chi connectivity index (χ4n) is 2.57. The molecule has 0 atom stereocenters. The molecule has 0 radical (unpaired) electrons. The van der Waals surface area contributed by atoms with E-state index in [9.17, 15) is 14.8 Å². The molecule has 0 aliphatic carbocycles. The van der Waals surface area contributed by atoms with Gasteiger partial charge in [-0.2, -0.15) is 4.73 Å². The van der Waals surface area contributed by atoms with Crippen LogP contribution < -0.4 is 4.73 Å². The van der Waals surface area contributed by atoms with E-state index in [1.54, 1.807) is 24.3 Å². The smallest absolute Gasteiger partial charge is 0.338 e. The summed E-state index contributed by atoms with van der Waals surface area (Å²) in [4.78, 5) is 28.5. The van der Waals surface area contributed by atoms with E-state index in [0.717, 1.165) is 5.56 Å². The van der Waals surface area contributed by atoms with Gasteiger partial charge < -0.3 is 9.94 Å². The normalized spacial score (nSPS) is 10.8. The van der Waals surface area contributed by atoms with Gasteiger partial charge in [0, 0.05) is 13.0 Å². The number of hydrogen-bond donors (Lipinski definition) is 0. The Kier molecular flexibility index (Phi) is 5.30. The zero-order valence-electron chi connectivity index (χ0n) is 14.5. The molecule has 0 bridgehead atoms. The SMILES string of the molecule is CC(=O)c1c(COC(=O)c2ccc(C)cc2)nc2cc(Cl)c(Cl)cc2[n+]1[O-]. The second-order valence-electron chi connectivity index (χ2n) is 5.95. The van der Waals surface area contributed by atoms with Gasteiger partial charge in [-0.25, -0.2) is 9.78 Å². The van der Waals surface area contributed by atoms with Crippen LogP contribution in [-0.2, 0) is 11.3 Å². The van der Waals surface area contributed by atoms with E-state index in [4.69, 9.17) is 27.9 Å². The summed E-state index contributed by atoms with van der Waals surface area (Å²) < 4.78 is 5.67. The number of carbonyl (C=O) groups excluding carboxylic acids is 2. The topological polar surface area (TPSA) is 83.2 Å². The summed E-state index contributed by atoms with van der Waals surface area (Å²) in [6.07, 6.45) is 0. The lowest BCUT2D eigenvalue weighted by Gasteiger charge is -2.11. The molecule has 0 aliphatic rings. The Bertz CT molecular complexity index is 1070. The van der Waals surface area contributed by atoms with E-state index in [2.05, 4.69) is 4.98 Å². The molecule has 0 amide bonds. The van der Waals surface area contributed by atoms with Crippen molar-refractivity contribution in [2.24, 2.45) is 0 Å². The molecule has 3 rings (SSSR count). The van der Waals surface area contributed by atoms with Crippen molar-refractivity contribution in [1.29, 1.82) is 0 Å². The second-order valence-corrected chi connectivity index (χ2v) is 6.77. The van der Waals surface area contributed by atoms with E-state index in [1.807, 2.05) is 6.92 Å². The summed E-state index contributed by atoms with van der Waals surface area (Å²) in [6.45, 7) is 2.80. The van der Waals surface area contributed by atoms with Crippen LogP contribution in [-0.4, -0.2) is 16.7 Å². The molecule has 8 heteroatoms. The lowest BCUT2D eigenvalue weighted by molar-refractivity contribution is -0.580. The van der Waals surface area contributed by atoms with E-state index in [0.29, 0.717) is 10.3 Å². The highest BCUT2D eigenvalue weighted by Gasteiger charge is 2.25. The number of fused-ring (bicyclic) bond motifs is 1. The third-order valence-electron chi connectivity index (χ3n) is 3.93. The Morgan fingerprint density at radius 3 is 2.41 bits per heavy atom. The molecule has 3 aromatic rings. The molecular formula is C19H14Cl2N2O4. The van der Waals surface area contributed by atoms with Crippen molar-refractivity contribution in [1.82, 2.24) is 4.98 Å². The highest BCUT2D eigenvalue weighted by molar-refractivity contribution is 6.42. The number of aromatic nitrogens is 2. The molecule has 0 spiro atoms. The van der Waals surface area contributed by atoms with Crippen molar-refractivity contribution in [3.63, 3.8) is 0 Å². The molecule has 138 valence electrons. The van der Waals surface area contributed by atoms with Crippen molar-refractivity contribution < 1.29 is 19.1 Å². The second kappa shape index (κ2) is 7.50. The van der Waals surface area contributed by atoms with Crippen LogP contribution in [0.15, 0.2) is 36.4 Å². The number of aryl methyl sites for hydroxylation is 1. The van der Waals surface area contributed by atoms with Gasteiger partial charge in [0.15, 0.2) is 5.69 Å². The average Bonchev–Trinajstić information content (AvgIpc) is 2.61. The third-order valence-corrected chi connectivity index (χ3v) is 4.65. The van der Waals surface area contributed by atoms with Gasteiger partial charge in [-0.15, -0.1) is 0 Å². The Morgan fingerprint density at radius 2 is 1.78 bits per heavy atom. The molecule has 2 aromatic carbocycles. The number of hydrogen-bond acceptors (Lipinski definition) is 5. The molecule has 27 heavy (non-hydrogen) atoms. The maximum atomic E-state index is 12.6. The third kappa shape index (κ3) is 3.86. The molecule has 0 fully saturated rings. The summed E-state index contributed by atoms with van der Waals surface area (Å²) in [7, 11) is 0. The number of esters is 1. The number of rotatable bonds is 4. The highest BCUT2D eigenvalue weighted by atomic mass is 35.5. The molecule has 0 unspecified atom stereocenters. The predicted molar refractivity (Wildman–Crippen MR) is 101 cm³/mol. The maximum Gasteiger partial charge on any atom is 0.338 e. The summed E-state index contributed by atoms with van der Waals surface area (Å²) >= 11 is 11.9. The minimum Gasteiger partial charge on any atom is -0.618 e. The van der Waals surface area contributed by atoms with E-state index in [-0.39, 0.29) is 39.1 Å².